The minimum absolute atomic E-state index is 0.0648. The van der Waals surface area contributed by atoms with Crippen molar-refractivity contribution in [1.29, 1.82) is 0 Å². The molecule has 1 aromatic rings. The minimum Gasteiger partial charge on any atom is -0.242 e. The summed E-state index contributed by atoms with van der Waals surface area (Å²) in [5, 5.41) is 0. The maximum atomic E-state index is 12.7. The van der Waals surface area contributed by atoms with Crippen molar-refractivity contribution < 1.29 is 8.50 Å². The van der Waals surface area contributed by atoms with Gasteiger partial charge in [0.05, 0.1) is 11.9 Å². The van der Waals surface area contributed by atoms with E-state index in [0.29, 0.717) is 0 Å². The van der Waals surface area contributed by atoms with Gasteiger partial charge < -0.3 is 0 Å². The van der Waals surface area contributed by atoms with Crippen LogP contribution >= 0.6 is 0 Å². The van der Waals surface area contributed by atoms with E-state index in [0.717, 1.165) is 12.5 Å². The lowest BCUT2D eigenvalue weighted by atomic mass is 10.3. The van der Waals surface area contributed by atoms with Crippen LogP contribution in [0.5, 0.6) is 0 Å². The highest BCUT2D eigenvalue weighted by Crippen LogP contribution is 1.99. The average molecular weight is 129 g/mol. The predicted octanol–water partition coefficient (Wildman–Crippen LogP) is 1.18. The Morgan fingerprint density at radius 1 is 1.89 bits per heavy atom. The van der Waals surface area contributed by atoms with Gasteiger partial charge in [0, 0.05) is 4.11 Å². The van der Waals surface area contributed by atoms with E-state index < -0.39 is 12.7 Å². The zero-order valence-electron chi connectivity index (χ0n) is 7.63. The molecule has 0 amide bonds. The van der Waals surface area contributed by atoms with Crippen molar-refractivity contribution in [2.24, 2.45) is 0 Å². The Hall–Kier alpha value is -0.990. The molecule has 2 nitrogen and oxygen atoms in total. The first-order chi connectivity index (χ1) is 5.49. The van der Waals surface area contributed by atoms with Crippen LogP contribution in [0.4, 0.5) is 4.39 Å². The summed E-state index contributed by atoms with van der Waals surface area (Å²) in [6.07, 6.45) is 1.72. The third kappa shape index (κ3) is 1.22. The summed E-state index contributed by atoms with van der Waals surface area (Å²) in [4.78, 5) is 6.92. The van der Waals surface area contributed by atoms with Crippen LogP contribution in [-0.4, -0.2) is 9.97 Å². The van der Waals surface area contributed by atoms with Gasteiger partial charge in [0.15, 0.2) is 5.82 Å². The largest absolute Gasteiger partial charge is 0.242 e. The number of nitrogens with zero attached hydrogens (tertiary/aromatic N) is 2. The molecule has 0 saturated carbocycles. The zero-order chi connectivity index (χ0) is 9.19. The van der Waals surface area contributed by atoms with E-state index in [1.165, 1.54) is 0 Å². The Morgan fingerprint density at radius 3 is 3.44 bits per heavy atom. The number of halogens is 1. The fourth-order valence-electron chi connectivity index (χ4n) is 0.468. The van der Waals surface area contributed by atoms with Crippen molar-refractivity contribution in [3.63, 3.8) is 0 Å². The molecule has 0 fully saturated rings. The Labute approximate surface area is 57.0 Å². The van der Waals surface area contributed by atoms with E-state index in [9.17, 15) is 4.39 Å². The Morgan fingerprint density at radius 2 is 2.78 bits per heavy atom. The molecule has 0 aliphatic carbocycles. The molecular formula is C6H7FN2. The molecule has 0 aliphatic rings. The molecule has 0 spiro atoms. The van der Waals surface area contributed by atoms with Crippen molar-refractivity contribution in [3.8, 4) is 0 Å². The van der Waals surface area contributed by atoms with Gasteiger partial charge in [0.1, 0.15) is 6.33 Å². The SMILES string of the molecule is [2H]C([2H])([2H])Cc1ncncc1F. The van der Waals surface area contributed by atoms with E-state index >= 15 is 0 Å². The van der Waals surface area contributed by atoms with Crippen molar-refractivity contribution in [1.82, 2.24) is 9.97 Å². The van der Waals surface area contributed by atoms with Crippen molar-refractivity contribution >= 4 is 0 Å². The molecule has 1 aromatic heterocycles. The molecule has 3 heteroatoms. The van der Waals surface area contributed by atoms with Crippen molar-refractivity contribution in [3.05, 3.63) is 24.0 Å². The van der Waals surface area contributed by atoms with Gasteiger partial charge >= 0.3 is 0 Å². The number of rotatable bonds is 1. The van der Waals surface area contributed by atoms with E-state index in [1.807, 2.05) is 0 Å². The lowest BCUT2D eigenvalue weighted by Crippen LogP contribution is -1.92. The minimum atomic E-state index is -2.19. The van der Waals surface area contributed by atoms with Crippen molar-refractivity contribution in [2.75, 3.05) is 0 Å². The molecule has 9 heavy (non-hydrogen) atoms. The molecule has 0 aromatic carbocycles. The van der Waals surface area contributed by atoms with Crippen LogP contribution in [0.1, 0.15) is 16.7 Å². The van der Waals surface area contributed by atoms with Gasteiger partial charge in [-0.15, -0.1) is 0 Å². The van der Waals surface area contributed by atoms with Crippen LogP contribution in [0.2, 0.25) is 0 Å². The second-order valence-corrected chi connectivity index (χ2v) is 1.49. The summed E-state index contributed by atoms with van der Waals surface area (Å²) in [6, 6.07) is 0. The smallest absolute Gasteiger partial charge is 0.162 e. The van der Waals surface area contributed by atoms with E-state index in [-0.39, 0.29) is 12.1 Å². The van der Waals surface area contributed by atoms with E-state index in [2.05, 4.69) is 9.97 Å². The van der Waals surface area contributed by atoms with Gasteiger partial charge in [-0.2, -0.15) is 0 Å². The van der Waals surface area contributed by atoms with Crippen molar-refractivity contribution in [2.45, 2.75) is 13.3 Å². The van der Waals surface area contributed by atoms with Gasteiger partial charge in [-0.05, 0) is 6.42 Å². The average Bonchev–Trinajstić information content (AvgIpc) is 1.91. The lowest BCUT2D eigenvalue weighted by Gasteiger charge is -1.92. The van der Waals surface area contributed by atoms with Gasteiger partial charge in [-0.25, -0.2) is 14.4 Å². The third-order valence-electron chi connectivity index (χ3n) is 0.911. The molecule has 1 rings (SSSR count). The molecule has 48 valence electrons. The maximum Gasteiger partial charge on any atom is 0.162 e. The summed E-state index contributed by atoms with van der Waals surface area (Å²) in [5.74, 6) is -0.673. The molecule has 0 bridgehead atoms. The maximum absolute atomic E-state index is 12.7. The zero-order valence-corrected chi connectivity index (χ0v) is 4.63. The summed E-state index contributed by atoms with van der Waals surface area (Å²) < 4.78 is 33.4. The first-order valence-corrected chi connectivity index (χ1v) is 2.43. The molecule has 0 saturated heterocycles. The number of aromatic nitrogens is 2. The van der Waals surface area contributed by atoms with Gasteiger partial charge in [0.2, 0.25) is 0 Å². The van der Waals surface area contributed by atoms with Crippen LogP contribution in [0, 0.1) is 5.82 Å². The normalized spacial score (nSPS) is 15.9. The Kier molecular flexibility index (Phi) is 0.912. The topological polar surface area (TPSA) is 25.8 Å². The summed E-state index contributed by atoms with van der Waals surface area (Å²) in [7, 11) is 0. The molecule has 0 unspecified atom stereocenters. The predicted molar refractivity (Wildman–Crippen MR) is 31.4 cm³/mol. The Bertz CT molecular complexity index is 274. The van der Waals surface area contributed by atoms with Crippen LogP contribution in [-0.2, 0) is 6.42 Å². The number of hydrogen-bond donors (Lipinski definition) is 0. The molecule has 0 atom stereocenters. The van der Waals surface area contributed by atoms with Gasteiger partial charge in [-0.3, -0.25) is 0 Å². The molecule has 0 N–H and O–H groups in total. The summed E-state index contributed by atoms with van der Waals surface area (Å²) in [5.41, 5.74) is -0.0648. The number of aryl methyl sites for hydroxylation is 1. The number of hydrogen-bond acceptors (Lipinski definition) is 2. The first kappa shape index (κ1) is 3.25. The van der Waals surface area contributed by atoms with Crippen LogP contribution in [0.25, 0.3) is 0 Å². The second kappa shape index (κ2) is 2.53. The van der Waals surface area contributed by atoms with Crippen LogP contribution < -0.4 is 0 Å². The highest BCUT2D eigenvalue weighted by molar-refractivity contribution is 5.00. The quantitative estimate of drug-likeness (QED) is 0.569. The molecule has 1 heterocycles. The second-order valence-electron chi connectivity index (χ2n) is 1.49. The van der Waals surface area contributed by atoms with E-state index in [1.54, 1.807) is 0 Å². The van der Waals surface area contributed by atoms with Crippen LogP contribution in [0.15, 0.2) is 12.5 Å². The standard InChI is InChI=1S/C6H7FN2/c1-2-6-5(7)3-8-4-9-6/h3-4H,2H2,1H3/i1D3. The fraction of sp³-hybridized carbons (Fsp3) is 0.333. The highest BCUT2D eigenvalue weighted by Gasteiger charge is 1.96. The fourth-order valence-corrected chi connectivity index (χ4v) is 0.468. The van der Waals surface area contributed by atoms with Crippen LogP contribution in [0.3, 0.4) is 0 Å². The molecule has 0 aliphatic heterocycles. The summed E-state index contributed by atoms with van der Waals surface area (Å²) in [6.45, 7) is -2.19. The molecule has 0 radical (unpaired) electrons. The lowest BCUT2D eigenvalue weighted by molar-refractivity contribution is 0.593. The molecular weight excluding hydrogens is 119 g/mol. The monoisotopic (exact) mass is 129 g/mol. The van der Waals surface area contributed by atoms with Gasteiger partial charge in [0.25, 0.3) is 0 Å². The first-order valence-electron chi connectivity index (χ1n) is 3.93. The van der Waals surface area contributed by atoms with Gasteiger partial charge in [-0.1, -0.05) is 6.85 Å². The highest BCUT2D eigenvalue weighted by atomic mass is 19.1. The Balaban J connectivity index is 2.83. The summed E-state index contributed by atoms with van der Waals surface area (Å²) >= 11 is 0. The van der Waals surface area contributed by atoms with E-state index in [4.69, 9.17) is 4.11 Å². The third-order valence-corrected chi connectivity index (χ3v) is 0.911.